The lowest BCUT2D eigenvalue weighted by Crippen LogP contribution is -2.33. The van der Waals surface area contributed by atoms with Crippen LogP contribution >= 0.6 is 11.3 Å². The SMILES string of the molecule is Nc1ccc(-c2ccc(F)s2)nc1NC(=O)N1CCC(c2ncc(F)cn2)C1. The van der Waals surface area contributed by atoms with E-state index < -0.39 is 5.82 Å². The third-order valence-corrected chi connectivity index (χ3v) is 5.35. The van der Waals surface area contributed by atoms with Gasteiger partial charge in [-0.3, -0.25) is 5.32 Å². The molecule has 10 heteroatoms. The summed E-state index contributed by atoms with van der Waals surface area (Å²) >= 11 is 0.965. The number of nitrogen functional groups attached to an aromatic ring is 1. The second-order valence-electron chi connectivity index (χ2n) is 6.36. The zero-order chi connectivity index (χ0) is 19.7. The summed E-state index contributed by atoms with van der Waals surface area (Å²) in [5, 5.41) is 2.40. The van der Waals surface area contributed by atoms with E-state index in [1.54, 1.807) is 23.1 Å². The van der Waals surface area contributed by atoms with E-state index >= 15 is 0 Å². The van der Waals surface area contributed by atoms with Crippen LogP contribution in [0.5, 0.6) is 0 Å². The molecule has 3 aromatic rings. The molecule has 2 amide bonds. The van der Waals surface area contributed by atoms with Crippen LogP contribution in [0.3, 0.4) is 0 Å². The van der Waals surface area contributed by atoms with Gasteiger partial charge in [0.2, 0.25) is 0 Å². The molecular formula is C18H16F2N6OS. The van der Waals surface area contributed by atoms with Crippen molar-refractivity contribution in [1.29, 1.82) is 0 Å². The third kappa shape index (κ3) is 3.77. The number of carbonyl (C=O) groups is 1. The number of anilines is 2. The zero-order valence-corrected chi connectivity index (χ0v) is 15.4. The average Bonchev–Trinajstić information content (AvgIpc) is 3.34. The first-order valence-electron chi connectivity index (χ1n) is 8.55. The van der Waals surface area contributed by atoms with Crippen molar-refractivity contribution in [2.45, 2.75) is 12.3 Å². The Hall–Kier alpha value is -3.14. The number of halogens is 2. The number of nitrogens with one attached hydrogen (secondary N) is 1. The number of amides is 2. The van der Waals surface area contributed by atoms with Gasteiger partial charge in [-0.2, -0.15) is 4.39 Å². The Labute approximate surface area is 163 Å². The molecule has 4 rings (SSSR count). The van der Waals surface area contributed by atoms with E-state index in [4.69, 9.17) is 5.73 Å². The Morgan fingerprint density at radius 1 is 1.21 bits per heavy atom. The molecule has 1 aliphatic heterocycles. The fourth-order valence-corrected chi connectivity index (χ4v) is 3.73. The molecule has 0 spiro atoms. The fourth-order valence-electron chi connectivity index (χ4n) is 3.03. The molecule has 4 heterocycles. The van der Waals surface area contributed by atoms with Crippen molar-refractivity contribution < 1.29 is 13.6 Å². The molecule has 1 unspecified atom stereocenters. The van der Waals surface area contributed by atoms with Crippen molar-refractivity contribution in [1.82, 2.24) is 19.9 Å². The summed E-state index contributed by atoms with van der Waals surface area (Å²) in [6, 6.07) is 5.93. The van der Waals surface area contributed by atoms with Crippen LogP contribution in [0.15, 0.2) is 36.7 Å². The minimum atomic E-state index is -0.497. The number of rotatable bonds is 3. The number of nitrogens with two attached hydrogens (primary N) is 1. The van der Waals surface area contributed by atoms with Gasteiger partial charge in [0.15, 0.2) is 16.8 Å². The highest BCUT2D eigenvalue weighted by Gasteiger charge is 2.29. The van der Waals surface area contributed by atoms with Crippen molar-refractivity contribution >= 4 is 28.9 Å². The first-order chi connectivity index (χ1) is 13.5. The van der Waals surface area contributed by atoms with Gasteiger partial charge in [-0.05, 0) is 30.7 Å². The topological polar surface area (TPSA) is 97.0 Å². The van der Waals surface area contributed by atoms with Crippen molar-refractivity contribution in [2.24, 2.45) is 0 Å². The van der Waals surface area contributed by atoms with Crippen molar-refractivity contribution in [3.8, 4) is 10.6 Å². The normalized spacial score (nSPS) is 16.4. The van der Waals surface area contributed by atoms with Crippen LogP contribution in [0.25, 0.3) is 10.6 Å². The Kier molecular flexibility index (Phi) is 4.86. The Morgan fingerprint density at radius 3 is 2.71 bits per heavy atom. The number of hydrogen-bond donors (Lipinski definition) is 2. The number of hydrogen-bond acceptors (Lipinski definition) is 6. The first-order valence-corrected chi connectivity index (χ1v) is 9.37. The molecule has 0 radical (unpaired) electrons. The molecule has 3 aromatic heterocycles. The first kappa shape index (κ1) is 18.2. The summed E-state index contributed by atoms with van der Waals surface area (Å²) in [5.41, 5.74) is 6.77. The number of aromatic nitrogens is 3. The highest BCUT2D eigenvalue weighted by molar-refractivity contribution is 7.13. The maximum Gasteiger partial charge on any atom is 0.323 e. The molecule has 0 saturated carbocycles. The number of thiophene rings is 1. The summed E-state index contributed by atoms with van der Waals surface area (Å²) in [6.45, 7) is 0.917. The molecule has 1 aliphatic rings. The minimum absolute atomic E-state index is 0.0583. The van der Waals surface area contributed by atoms with Crippen molar-refractivity contribution in [3.05, 3.63) is 53.4 Å². The van der Waals surface area contributed by atoms with Crippen LogP contribution < -0.4 is 11.1 Å². The van der Waals surface area contributed by atoms with Gasteiger partial charge in [-0.1, -0.05) is 0 Å². The molecule has 0 aliphatic carbocycles. The molecule has 144 valence electrons. The molecule has 1 atom stereocenters. The van der Waals surface area contributed by atoms with Gasteiger partial charge in [-0.15, -0.1) is 11.3 Å². The molecule has 3 N–H and O–H groups in total. The van der Waals surface area contributed by atoms with E-state index in [2.05, 4.69) is 20.3 Å². The van der Waals surface area contributed by atoms with Gasteiger partial charge < -0.3 is 10.6 Å². The van der Waals surface area contributed by atoms with Crippen LogP contribution in [0, 0.1) is 10.9 Å². The van der Waals surface area contributed by atoms with Crippen LogP contribution in [0.1, 0.15) is 18.2 Å². The molecule has 7 nitrogen and oxygen atoms in total. The largest absolute Gasteiger partial charge is 0.396 e. The number of nitrogens with zero attached hydrogens (tertiary/aromatic N) is 4. The molecule has 28 heavy (non-hydrogen) atoms. The molecule has 0 bridgehead atoms. The zero-order valence-electron chi connectivity index (χ0n) is 14.6. The number of pyridine rings is 1. The van der Waals surface area contributed by atoms with E-state index in [9.17, 15) is 13.6 Å². The summed E-state index contributed by atoms with van der Waals surface area (Å²) in [5.74, 6) is 0.175. The fraction of sp³-hybridized carbons (Fsp3) is 0.222. The van der Waals surface area contributed by atoms with E-state index in [0.29, 0.717) is 41.6 Å². The van der Waals surface area contributed by atoms with Crippen LogP contribution in [-0.2, 0) is 0 Å². The lowest BCUT2D eigenvalue weighted by atomic mass is 10.1. The van der Waals surface area contributed by atoms with E-state index in [1.165, 1.54) is 6.07 Å². The quantitative estimate of drug-likeness (QED) is 0.699. The summed E-state index contributed by atoms with van der Waals surface area (Å²) in [7, 11) is 0. The summed E-state index contributed by atoms with van der Waals surface area (Å²) in [4.78, 5) is 27.2. The molecule has 1 saturated heterocycles. The second-order valence-corrected chi connectivity index (χ2v) is 7.39. The highest BCUT2D eigenvalue weighted by atomic mass is 32.1. The molecule has 1 fully saturated rings. The third-order valence-electron chi connectivity index (χ3n) is 4.46. The van der Waals surface area contributed by atoms with Gasteiger partial charge in [0.1, 0.15) is 5.82 Å². The maximum atomic E-state index is 13.3. The Morgan fingerprint density at radius 2 is 2.00 bits per heavy atom. The standard InChI is InChI=1S/C18H16F2N6OS/c19-11-7-22-16(23-8-11)10-5-6-26(9-10)18(27)25-17-12(21)1-2-13(24-17)14-3-4-15(20)28-14/h1-4,7-8,10H,5-6,9,21H2,(H,24,25,27). The predicted octanol–water partition coefficient (Wildman–Crippen LogP) is 3.48. The molecule has 0 aromatic carbocycles. The van der Waals surface area contributed by atoms with Gasteiger partial charge in [0.25, 0.3) is 0 Å². The average molecular weight is 402 g/mol. The smallest absolute Gasteiger partial charge is 0.323 e. The van der Waals surface area contributed by atoms with Gasteiger partial charge in [0, 0.05) is 19.0 Å². The monoisotopic (exact) mass is 402 g/mol. The summed E-state index contributed by atoms with van der Waals surface area (Å²) in [6.07, 6.45) is 2.92. The lowest BCUT2D eigenvalue weighted by Gasteiger charge is -2.17. The van der Waals surface area contributed by atoms with E-state index in [-0.39, 0.29) is 22.9 Å². The number of urea groups is 1. The second kappa shape index (κ2) is 7.47. The Balaban J connectivity index is 1.46. The van der Waals surface area contributed by atoms with Crippen LogP contribution in [0.4, 0.5) is 25.1 Å². The minimum Gasteiger partial charge on any atom is -0.396 e. The number of carbonyl (C=O) groups excluding carboxylic acids is 1. The predicted molar refractivity (Wildman–Crippen MR) is 102 cm³/mol. The van der Waals surface area contributed by atoms with Crippen LogP contribution in [-0.4, -0.2) is 39.0 Å². The molecular weight excluding hydrogens is 386 g/mol. The number of likely N-dealkylation sites (tertiary alicyclic amines) is 1. The van der Waals surface area contributed by atoms with Gasteiger partial charge >= 0.3 is 6.03 Å². The van der Waals surface area contributed by atoms with E-state index in [1.807, 2.05) is 0 Å². The highest BCUT2D eigenvalue weighted by Crippen LogP contribution is 2.29. The van der Waals surface area contributed by atoms with Crippen molar-refractivity contribution in [2.75, 3.05) is 24.1 Å². The van der Waals surface area contributed by atoms with Crippen molar-refractivity contribution in [3.63, 3.8) is 0 Å². The summed E-state index contributed by atoms with van der Waals surface area (Å²) < 4.78 is 26.2. The van der Waals surface area contributed by atoms with Gasteiger partial charge in [0.05, 0.1) is 28.7 Å². The maximum absolute atomic E-state index is 13.3. The lowest BCUT2D eigenvalue weighted by molar-refractivity contribution is 0.222. The van der Waals surface area contributed by atoms with Gasteiger partial charge in [-0.25, -0.2) is 24.1 Å². The Bertz CT molecular complexity index is 1010. The van der Waals surface area contributed by atoms with Crippen LogP contribution in [0.2, 0.25) is 0 Å². The van der Waals surface area contributed by atoms with E-state index in [0.717, 1.165) is 23.7 Å².